The average molecular weight is 409 g/mol. The number of rotatable bonds is 15. The van der Waals surface area contributed by atoms with Crippen LogP contribution in [0.5, 0.6) is 0 Å². The van der Waals surface area contributed by atoms with Crippen LogP contribution in [0.25, 0.3) is 0 Å². The first kappa shape index (κ1) is 24.4. The van der Waals surface area contributed by atoms with Crippen molar-refractivity contribution in [1.29, 1.82) is 0 Å². The van der Waals surface area contributed by atoms with E-state index < -0.39 is 0 Å². The summed E-state index contributed by atoms with van der Waals surface area (Å²) in [5, 5.41) is 1.10. The Hall–Kier alpha value is -0.610. The second-order valence-electron chi connectivity index (χ2n) is 7.78. The van der Waals surface area contributed by atoms with Gasteiger partial charge in [-0.3, -0.25) is 0 Å². The van der Waals surface area contributed by atoms with Crippen LogP contribution in [0.15, 0.2) is 17.2 Å². The lowest BCUT2D eigenvalue weighted by Crippen LogP contribution is -2.40. The molecule has 0 spiro atoms. The van der Waals surface area contributed by atoms with Gasteiger partial charge < -0.3 is 5.73 Å². The van der Waals surface area contributed by atoms with Gasteiger partial charge in [0.05, 0.1) is 4.99 Å². The molecule has 1 rings (SSSR count). The minimum Gasteiger partial charge on any atom is -0.393 e. The minimum absolute atomic E-state index is 0.202. The van der Waals surface area contributed by atoms with E-state index in [0.29, 0.717) is 4.99 Å². The fourth-order valence-corrected chi connectivity index (χ4v) is 4.92. The van der Waals surface area contributed by atoms with Crippen molar-refractivity contribution < 1.29 is 0 Å². The van der Waals surface area contributed by atoms with Gasteiger partial charge in [0, 0.05) is 11.1 Å². The molecule has 1 unspecified atom stereocenters. The van der Waals surface area contributed by atoms with Gasteiger partial charge in [0.25, 0.3) is 0 Å². The van der Waals surface area contributed by atoms with E-state index in [1.165, 1.54) is 69.8 Å². The summed E-state index contributed by atoms with van der Waals surface area (Å²) < 4.78 is 0. The standard InChI is InChI=1S/C23H40N2S2/c1-5-7-9-11-12-14-18-23(22(24)26,17-13-10-8-6-2)20-16-15-19(3)25-21(20)27-4/h15-16H,5-14,17-18H2,1-4H3,(H2,24,26). The molecular formula is C23H40N2S2. The van der Waals surface area contributed by atoms with Crippen LogP contribution in [-0.2, 0) is 5.41 Å². The zero-order chi connectivity index (χ0) is 20.1. The first-order chi connectivity index (χ1) is 13.0. The molecule has 2 nitrogen and oxygen atoms in total. The first-order valence-electron chi connectivity index (χ1n) is 10.8. The Morgan fingerprint density at radius 1 is 0.963 bits per heavy atom. The van der Waals surface area contributed by atoms with Crippen molar-refractivity contribution in [1.82, 2.24) is 4.98 Å². The Morgan fingerprint density at radius 2 is 1.48 bits per heavy atom. The van der Waals surface area contributed by atoms with E-state index >= 15 is 0 Å². The topological polar surface area (TPSA) is 38.9 Å². The predicted molar refractivity (Wildman–Crippen MR) is 126 cm³/mol. The van der Waals surface area contributed by atoms with Gasteiger partial charge in [-0.25, -0.2) is 4.98 Å². The lowest BCUT2D eigenvalue weighted by atomic mass is 9.72. The van der Waals surface area contributed by atoms with Gasteiger partial charge in [-0.05, 0) is 37.7 Å². The Balaban J connectivity index is 3.02. The van der Waals surface area contributed by atoms with E-state index in [0.717, 1.165) is 23.6 Å². The van der Waals surface area contributed by atoms with Gasteiger partial charge in [0.1, 0.15) is 5.03 Å². The van der Waals surface area contributed by atoms with Gasteiger partial charge in [-0.2, -0.15) is 0 Å². The van der Waals surface area contributed by atoms with Crippen LogP contribution in [0.2, 0.25) is 0 Å². The quantitative estimate of drug-likeness (QED) is 0.187. The highest BCUT2D eigenvalue weighted by atomic mass is 32.2. The van der Waals surface area contributed by atoms with Crippen molar-refractivity contribution in [2.75, 3.05) is 6.26 Å². The molecule has 0 bridgehead atoms. The maximum atomic E-state index is 6.44. The smallest absolute Gasteiger partial charge is 0.100 e. The van der Waals surface area contributed by atoms with Gasteiger partial charge >= 0.3 is 0 Å². The molecule has 0 saturated heterocycles. The second kappa shape index (κ2) is 13.5. The highest BCUT2D eigenvalue weighted by molar-refractivity contribution is 7.98. The number of nitrogens with two attached hydrogens (primary N) is 1. The molecule has 1 aromatic rings. The summed E-state index contributed by atoms with van der Waals surface area (Å²) in [5.74, 6) is 0. The lowest BCUT2D eigenvalue weighted by molar-refractivity contribution is 0.423. The summed E-state index contributed by atoms with van der Waals surface area (Å²) in [6, 6.07) is 4.36. The number of aryl methyl sites for hydroxylation is 1. The summed E-state index contributed by atoms with van der Waals surface area (Å²) in [4.78, 5) is 5.46. The number of aromatic nitrogens is 1. The number of pyridine rings is 1. The maximum absolute atomic E-state index is 6.44. The number of unbranched alkanes of at least 4 members (excludes halogenated alkanes) is 8. The molecule has 27 heavy (non-hydrogen) atoms. The molecule has 1 heterocycles. The van der Waals surface area contributed by atoms with E-state index in [2.05, 4.69) is 39.2 Å². The molecule has 0 fully saturated rings. The number of hydrogen-bond donors (Lipinski definition) is 1. The molecular weight excluding hydrogens is 368 g/mol. The number of hydrogen-bond acceptors (Lipinski definition) is 3. The summed E-state index contributed by atoms with van der Waals surface area (Å²) in [7, 11) is 0. The highest BCUT2D eigenvalue weighted by Gasteiger charge is 2.36. The van der Waals surface area contributed by atoms with Crippen molar-refractivity contribution in [2.45, 2.75) is 108 Å². The molecule has 0 aliphatic heterocycles. The number of thioether (sulfide) groups is 1. The third kappa shape index (κ3) is 7.73. The molecule has 0 aliphatic carbocycles. The summed E-state index contributed by atoms with van der Waals surface area (Å²) >= 11 is 7.41. The molecule has 0 aromatic carbocycles. The minimum atomic E-state index is -0.202. The largest absolute Gasteiger partial charge is 0.393 e. The monoisotopic (exact) mass is 408 g/mol. The van der Waals surface area contributed by atoms with E-state index in [4.69, 9.17) is 22.9 Å². The number of nitrogens with zero attached hydrogens (tertiary/aromatic N) is 1. The molecule has 2 N–H and O–H groups in total. The van der Waals surface area contributed by atoms with Crippen LogP contribution in [0.1, 0.15) is 102 Å². The van der Waals surface area contributed by atoms with Crippen LogP contribution in [0.3, 0.4) is 0 Å². The normalized spacial score (nSPS) is 13.5. The van der Waals surface area contributed by atoms with Crippen LogP contribution < -0.4 is 5.73 Å². The fourth-order valence-electron chi connectivity index (χ4n) is 3.89. The zero-order valence-corrected chi connectivity index (χ0v) is 19.6. The molecule has 0 radical (unpaired) electrons. The van der Waals surface area contributed by atoms with E-state index in [1.807, 2.05) is 0 Å². The van der Waals surface area contributed by atoms with Gasteiger partial charge in [-0.15, -0.1) is 11.8 Å². The molecule has 154 valence electrons. The molecule has 1 atom stereocenters. The predicted octanol–water partition coefficient (Wildman–Crippen LogP) is 7.36. The van der Waals surface area contributed by atoms with Crippen molar-refractivity contribution >= 4 is 29.0 Å². The number of thiocarbonyl (C=S) groups is 1. The van der Waals surface area contributed by atoms with E-state index in [-0.39, 0.29) is 5.41 Å². The van der Waals surface area contributed by atoms with E-state index in [1.54, 1.807) is 11.8 Å². The lowest BCUT2D eigenvalue weighted by Gasteiger charge is -2.35. The summed E-state index contributed by atoms with van der Waals surface area (Å²) in [5.41, 5.74) is 8.56. The maximum Gasteiger partial charge on any atom is 0.100 e. The molecule has 4 heteroatoms. The Morgan fingerprint density at radius 3 is 2.00 bits per heavy atom. The molecule has 0 amide bonds. The zero-order valence-electron chi connectivity index (χ0n) is 18.0. The third-order valence-corrected chi connectivity index (χ3v) is 6.68. The second-order valence-corrected chi connectivity index (χ2v) is 9.02. The fraction of sp³-hybridized carbons (Fsp3) is 0.739. The molecule has 1 aromatic heterocycles. The van der Waals surface area contributed by atoms with Crippen LogP contribution in [0.4, 0.5) is 0 Å². The van der Waals surface area contributed by atoms with Crippen LogP contribution >= 0.6 is 24.0 Å². The van der Waals surface area contributed by atoms with Crippen LogP contribution in [-0.4, -0.2) is 16.2 Å². The third-order valence-electron chi connectivity index (χ3n) is 5.59. The van der Waals surface area contributed by atoms with Crippen molar-refractivity contribution in [3.63, 3.8) is 0 Å². The van der Waals surface area contributed by atoms with Crippen LogP contribution in [0, 0.1) is 6.92 Å². The Labute approximate surface area is 177 Å². The summed E-state index contributed by atoms with van der Waals surface area (Å²) in [6.07, 6.45) is 16.9. The summed E-state index contributed by atoms with van der Waals surface area (Å²) in [6.45, 7) is 6.58. The average Bonchev–Trinajstić information content (AvgIpc) is 2.66. The van der Waals surface area contributed by atoms with Crippen molar-refractivity contribution in [3.05, 3.63) is 23.4 Å². The Kier molecular flexibility index (Phi) is 12.3. The van der Waals surface area contributed by atoms with Crippen molar-refractivity contribution in [3.8, 4) is 0 Å². The Bertz CT molecular complexity index is 559. The molecule has 0 aliphatic rings. The van der Waals surface area contributed by atoms with Crippen molar-refractivity contribution in [2.24, 2.45) is 5.73 Å². The van der Waals surface area contributed by atoms with Gasteiger partial charge in [-0.1, -0.05) is 96.3 Å². The van der Waals surface area contributed by atoms with E-state index in [9.17, 15) is 0 Å². The first-order valence-corrected chi connectivity index (χ1v) is 12.5. The highest BCUT2D eigenvalue weighted by Crippen LogP contribution is 2.40. The molecule has 0 saturated carbocycles. The SMILES string of the molecule is CCCCCCCCC(CCCCCC)(C(N)=S)c1ccc(C)nc1SC. The van der Waals surface area contributed by atoms with Gasteiger partial charge in [0.15, 0.2) is 0 Å². The van der Waals surface area contributed by atoms with Gasteiger partial charge in [0.2, 0.25) is 0 Å².